The first-order chi connectivity index (χ1) is 16.9. The van der Waals surface area contributed by atoms with Crippen molar-refractivity contribution in [3.8, 4) is 0 Å². The largest absolute Gasteiger partial charge is 0.441 e. The Labute approximate surface area is 203 Å². The van der Waals surface area contributed by atoms with Crippen molar-refractivity contribution in [2.75, 3.05) is 6.54 Å². The van der Waals surface area contributed by atoms with Gasteiger partial charge in [0.2, 0.25) is 0 Å². The first-order valence-corrected chi connectivity index (χ1v) is 11.8. The van der Waals surface area contributed by atoms with E-state index >= 15 is 0 Å². The number of carbonyl (C=O) groups is 1. The molecule has 4 aromatic rings. The molecule has 0 saturated carbocycles. The van der Waals surface area contributed by atoms with Crippen molar-refractivity contribution in [3.63, 3.8) is 0 Å². The third-order valence-corrected chi connectivity index (χ3v) is 5.91. The molecule has 0 bridgehead atoms. The molecule has 0 unspecified atom stereocenters. The Morgan fingerprint density at radius 3 is 2.51 bits per heavy atom. The third-order valence-electron chi connectivity index (χ3n) is 5.91. The molecule has 4 rings (SSSR count). The average molecular weight is 478 g/mol. The minimum atomic E-state index is -0.637. The number of aromatic nitrogens is 1. The van der Waals surface area contributed by atoms with Crippen LogP contribution in [0.1, 0.15) is 46.3 Å². The standard InChI is InChI=1S/C28H29F2N3O2/c1-3-19-6-4-7-20(12-19)17-31-11-10-24(15-21-13-22(29)16-23(30)14-21)33-28(34)25-8-5-9-26-27(25)32-18(2)35-26/h4-9,12-14,16,24,31H,3,10-11,15,17H2,1-2H3,(H,33,34)/t24-/m1/s1. The van der Waals surface area contributed by atoms with Gasteiger partial charge in [-0.1, -0.05) is 37.3 Å². The Bertz CT molecular complexity index is 1300. The highest BCUT2D eigenvalue weighted by Gasteiger charge is 2.19. The summed E-state index contributed by atoms with van der Waals surface area (Å²) in [4.78, 5) is 17.5. The van der Waals surface area contributed by atoms with E-state index in [4.69, 9.17) is 4.42 Å². The lowest BCUT2D eigenvalue weighted by atomic mass is 10.0. The minimum absolute atomic E-state index is 0.293. The summed E-state index contributed by atoms with van der Waals surface area (Å²) in [6.45, 7) is 5.16. The van der Waals surface area contributed by atoms with Crippen LogP contribution < -0.4 is 10.6 Å². The number of nitrogens with zero attached hydrogens (tertiary/aromatic N) is 1. The molecule has 3 aromatic carbocycles. The van der Waals surface area contributed by atoms with Gasteiger partial charge in [-0.05, 0) is 66.8 Å². The van der Waals surface area contributed by atoms with Gasteiger partial charge < -0.3 is 15.1 Å². The second-order valence-corrected chi connectivity index (χ2v) is 8.68. The summed E-state index contributed by atoms with van der Waals surface area (Å²) in [5.74, 6) is -1.10. The molecule has 1 heterocycles. The van der Waals surface area contributed by atoms with Crippen LogP contribution in [0.2, 0.25) is 0 Å². The molecule has 0 aliphatic rings. The van der Waals surface area contributed by atoms with Gasteiger partial charge in [0.15, 0.2) is 11.5 Å². The topological polar surface area (TPSA) is 67.2 Å². The number of hydrogen-bond donors (Lipinski definition) is 2. The molecule has 5 nitrogen and oxygen atoms in total. The normalized spacial score (nSPS) is 12.1. The summed E-state index contributed by atoms with van der Waals surface area (Å²) in [6, 6.07) is 16.7. The van der Waals surface area contributed by atoms with Gasteiger partial charge in [0.25, 0.3) is 5.91 Å². The molecule has 1 amide bonds. The molecule has 0 saturated heterocycles. The summed E-state index contributed by atoms with van der Waals surface area (Å²) >= 11 is 0. The van der Waals surface area contributed by atoms with E-state index in [0.717, 1.165) is 12.5 Å². The van der Waals surface area contributed by atoms with Crippen molar-refractivity contribution >= 4 is 17.0 Å². The Morgan fingerprint density at radius 2 is 1.74 bits per heavy atom. The number of para-hydroxylation sites is 1. The fourth-order valence-corrected chi connectivity index (χ4v) is 4.21. The average Bonchev–Trinajstić information content (AvgIpc) is 3.21. The van der Waals surface area contributed by atoms with Crippen LogP contribution >= 0.6 is 0 Å². The summed E-state index contributed by atoms with van der Waals surface area (Å²) < 4.78 is 33.1. The van der Waals surface area contributed by atoms with Crippen molar-refractivity contribution < 1.29 is 18.0 Å². The van der Waals surface area contributed by atoms with E-state index in [-0.39, 0.29) is 11.9 Å². The van der Waals surface area contributed by atoms with Crippen LogP contribution in [0, 0.1) is 18.6 Å². The first kappa shape index (κ1) is 24.5. The Morgan fingerprint density at radius 1 is 1.00 bits per heavy atom. The summed E-state index contributed by atoms with van der Waals surface area (Å²) in [6.07, 6.45) is 1.84. The number of benzene rings is 3. The first-order valence-electron chi connectivity index (χ1n) is 11.8. The maximum absolute atomic E-state index is 13.8. The van der Waals surface area contributed by atoms with Crippen LogP contribution in [-0.2, 0) is 19.4 Å². The van der Waals surface area contributed by atoms with Gasteiger partial charge in [0.1, 0.15) is 17.2 Å². The van der Waals surface area contributed by atoms with E-state index in [1.807, 2.05) is 6.07 Å². The van der Waals surface area contributed by atoms with Gasteiger partial charge in [-0.3, -0.25) is 4.79 Å². The van der Waals surface area contributed by atoms with Crippen LogP contribution in [0.5, 0.6) is 0 Å². The van der Waals surface area contributed by atoms with Crippen LogP contribution in [0.4, 0.5) is 8.78 Å². The number of fused-ring (bicyclic) bond motifs is 1. The minimum Gasteiger partial charge on any atom is -0.441 e. The Hall–Kier alpha value is -3.58. The zero-order chi connectivity index (χ0) is 24.8. The van der Waals surface area contributed by atoms with Crippen LogP contribution in [0.25, 0.3) is 11.1 Å². The molecule has 35 heavy (non-hydrogen) atoms. The number of amides is 1. The van der Waals surface area contributed by atoms with Crippen molar-refractivity contribution in [1.29, 1.82) is 0 Å². The number of rotatable bonds is 10. The van der Waals surface area contributed by atoms with Gasteiger partial charge in [-0.25, -0.2) is 13.8 Å². The molecule has 0 aliphatic carbocycles. The van der Waals surface area contributed by atoms with E-state index in [1.165, 1.54) is 23.3 Å². The van der Waals surface area contributed by atoms with E-state index in [2.05, 4.69) is 40.7 Å². The number of hydrogen-bond acceptors (Lipinski definition) is 4. The second kappa shape index (κ2) is 11.2. The van der Waals surface area contributed by atoms with Crippen molar-refractivity contribution in [3.05, 3.63) is 100 Å². The lowest BCUT2D eigenvalue weighted by Gasteiger charge is -2.20. The Kier molecular flexibility index (Phi) is 7.87. The third kappa shape index (κ3) is 6.51. The predicted octanol–water partition coefficient (Wildman–Crippen LogP) is 5.50. The quantitative estimate of drug-likeness (QED) is 0.296. The molecular weight excluding hydrogens is 448 g/mol. The summed E-state index contributed by atoms with van der Waals surface area (Å²) in [7, 11) is 0. The van der Waals surface area contributed by atoms with Crippen LogP contribution in [-0.4, -0.2) is 23.5 Å². The van der Waals surface area contributed by atoms with Gasteiger partial charge >= 0.3 is 0 Å². The highest BCUT2D eigenvalue weighted by atomic mass is 19.1. The fourth-order valence-electron chi connectivity index (χ4n) is 4.21. The number of oxazole rings is 1. The highest BCUT2D eigenvalue weighted by Crippen LogP contribution is 2.20. The lowest BCUT2D eigenvalue weighted by molar-refractivity contribution is 0.0936. The Balaban J connectivity index is 1.46. The smallest absolute Gasteiger partial charge is 0.253 e. The van der Waals surface area contributed by atoms with Crippen LogP contribution in [0.15, 0.2) is 65.1 Å². The fraction of sp³-hybridized carbons (Fsp3) is 0.286. The van der Waals surface area contributed by atoms with Crippen molar-refractivity contribution in [2.24, 2.45) is 0 Å². The second-order valence-electron chi connectivity index (χ2n) is 8.68. The molecule has 0 radical (unpaired) electrons. The highest BCUT2D eigenvalue weighted by molar-refractivity contribution is 6.04. The van der Waals surface area contributed by atoms with Gasteiger partial charge in [-0.2, -0.15) is 0 Å². The molecule has 182 valence electrons. The number of halogens is 2. The summed E-state index contributed by atoms with van der Waals surface area (Å²) in [5.41, 5.74) is 4.38. The summed E-state index contributed by atoms with van der Waals surface area (Å²) in [5, 5.41) is 6.44. The number of nitrogens with one attached hydrogen (secondary N) is 2. The monoisotopic (exact) mass is 477 g/mol. The van der Waals surface area contributed by atoms with Gasteiger partial charge in [0, 0.05) is 25.6 Å². The molecule has 0 aliphatic heterocycles. The lowest BCUT2D eigenvalue weighted by Crippen LogP contribution is -2.38. The molecule has 0 fully saturated rings. The van der Waals surface area contributed by atoms with Gasteiger partial charge in [-0.15, -0.1) is 0 Å². The van der Waals surface area contributed by atoms with E-state index < -0.39 is 11.6 Å². The molecule has 1 atom stereocenters. The van der Waals surface area contributed by atoms with Gasteiger partial charge in [0.05, 0.1) is 5.56 Å². The SMILES string of the molecule is CCc1cccc(CNCC[C@H](Cc2cc(F)cc(F)c2)NC(=O)c2cccc3oc(C)nc23)c1. The van der Waals surface area contributed by atoms with E-state index in [0.29, 0.717) is 54.0 Å². The molecule has 1 aromatic heterocycles. The molecule has 2 N–H and O–H groups in total. The predicted molar refractivity (Wildman–Crippen MR) is 132 cm³/mol. The number of carbonyl (C=O) groups excluding carboxylic acids is 1. The number of aryl methyl sites for hydroxylation is 2. The zero-order valence-corrected chi connectivity index (χ0v) is 19.9. The zero-order valence-electron chi connectivity index (χ0n) is 19.9. The maximum atomic E-state index is 13.8. The molecular formula is C28H29F2N3O2. The van der Waals surface area contributed by atoms with E-state index in [9.17, 15) is 13.6 Å². The van der Waals surface area contributed by atoms with Crippen molar-refractivity contribution in [1.82, 2.24) is 15.6 Å². The van der Waals surface area contributed by atoms with Crippen LogP contribution in [0.3, 0.4) is 0 Å². The van der Waals surface area contributed by atoms with E-state index in [1.54, 1.807) is 25.1 Å². The molecule has 0 spiro atoms. The van der Waals surface area contributed by atoms with Crippen molar-refractivity contribution in [2.45, 2.75) is 45.7 Å². The maximum Gasteiger partial charge on any atom is 0.253 e. The molecule has 7 heteroatoms.